The smallest absolute Gasteiger partial charge is 0.391 e. The summed E-state index contributed by atoms with van der Waals surface area (Å²) in [7, 11) is 0. The summed E-state index contributed by atoms with van der Waals surface area (Å²) >= 11 is 1.68. The predicted octanol–water partition coefficient (Wildman–Crippen LogP) is 4.85. The van der Waals surface area contributed by atoms with Gasteiger partial charge in [0.1, 0.15) is 6.10 Å². The molecular formula is C18H23F3N4OS. The molecule has 0 radical (unpaired) electrons. The Morgan fingerprint density at radius 3 is 2.78 bits per heavy atom. The first kappa shape index (κ1) is 21.3. The van der Waals surface area contributed by atoms with E-state index in [1.807, 2.05) is 25.3 Å². The summed E-state index contributed by atoms with van der Waals surface area (Å²) in [6, 6.07) is 0.853. The summed E-state index contributed by atoms with van der Waals surface area (Å²) < 4.78 is 43.5. The molecular weight excluding hydrogens is 377 g/mol. The van der Waals surface area contributed by atoms with Crippen LogP contribution in [0.2, 0.25) is 0 Å². The van der Waals surface area contributed by atoms with Gasteiger partial charge in [-0.3, -0.25) is 0 Å². The van der Waals surface area contributed by atoms with Gasteiger partial charge in [-0.15, -0.1) is 0 Å². The minimum Gasteiger partial charge on any atom is -0.473 e. The van der Waals surface area contributed by atoms with E-state index in [-0.39, 0.29) is 12.1 Å². The number of nitrogens with one attached hydrogen (secondary N) is 1. The van der Waals surface area contributed by atoms with Gasteiger partial charge in [0.25, 0.3) is 0 Å². The summed E-state index contributed by atoms with van der Waals surface area (Å²) in [6.45, 7) is 3.39. The molecule has 27 heavy (non-hydrogen) atoms. The molecule has 2 heterocycles. The number of aromatic nitrogens is 3. The van der Waals surface area contributed by atoms with Crippen LogP contribution in [-0.2, 0) is 0 Å². The van der Waals surface area contributed by atoms with Crippen LogP contribution in [0.25, 0.3) is 10.9 Å². The Morgan fingerprint density at radius 2 is 2.11 bits per heavy atom. The van der Waals surface area contributed by atoms with Crippen molar-refractivity contribution in [3.05, 3.63) is 30.6 Å². The van der Waals surface area contributed by atoms with Crippen LogP contribution in [0.15, 0.2) is 30.6 Å². The summed E-state index contributed by atoms with van der Waals surface area (Å²) in [5, 5.41) is 3.31. The maximum Gasteiger partial charge on any atom is 0.391 e. The second kappa shape index (κ2) is 9.77. The molecule has 0 spiro atoms. The van der Waals surface area contributed by atoms with Gasteiger partial charge in [0.05, 0.1) is 17.3 Å². The Morgan fingerprint density at radius 1 is 1.33 bits per heavy atom. The summed E-state index contributed by atoms with van der Waals surface area (Å²) in [6.07, 6.45) is 4.62. The number of anilines is 1. The summed E-state index contributed by atoms with van der Waals surface area (Å²) in [5.41, 5.74) is 0.561. The maximum atomic E-state index is 12.5. The van der Waals surface area contributed by atoms with Gasteiger partial charge in [-0.1, -0.05) is 12.2 Å². The van der Waals surface area contributed by atoms with E-state index in [4.69, 9.17) is 4.74 Å². The summed E-state index contributed by atoms with van der Waals surface area (Å²) in [5.74, 6) is 1.37. The third-order valence-corrected chi connectivity index (χ3v) is 4.36. The van der Waals surface area contributed by atoms with Crippen LogP contribution in [-0.4, -0.2) is 45.3 Å². The first-order valence-electron chi connectivity index (χ1n) is 8.54. The Bertz CT molecular complexity index is 770. The number of nitrogens with zero attached hydrogens (tertiary/aromatic N) is 3. The van der Waals surface area contributed by atoms with Crippen LogP contribution in [0, 0.1) is 0 Å². The number of alkyl halides is 3. The second-order valence-corrected chi connectivity index (χ2v) is 7.02. The Kier molecular flexibility index (Phi) is 7.70. The van der Waals surface area contributed by atoms with E-state index in [2.05, 4.69) is 20.3 Å². The lowest BCUT2D eigenvalue weighted by atomic mass is 10.2. The third-order valence-electron chi connectivity index (χ3n) is 3.65. The van der Waals surface area contributed by atoms with E-state index in [1.54, 1.807) is 24.0 Å². The number of hydrogen-bond donors (Lipinski definition) is 1. The molecule has 2 aromatic rings. The molecule has 0 aromatic carbocycles. The van der Waals surface area contributed by atoms with E-state index in [1.165, 1.54) is 13.1 Å². The third kappa shape index (κ3) is 6.89. The number of halogens is 3. The van der Waals surface area contributed by atoms with Gasteiger partial charge in [0, 0.05) is 30.6 Å². The van der Waals surface area contributed by atoms with E-state index in [0.29, 0.717) is 16.8 Å². The Labute approximate surface area is 160 Å². The molecule has 0 saturated heterocycles. The van der Waals surface area contributed by atoms with Crippen molar-refractivity contribution in [2.45, 2.75) is 45.0 Å². The molecule has 2 aromatic heterocycles. The highest BCUT2D eigenvalue weighted by Gasteiger charge is 2.30. The van der Waals surface area contributed by atoms with Crippen molar-refractivity contribution in [1.29, 1.82) is 0 Å². The van der Waals surface area contributed by atoms with E-state index in [0.717, 1.165) is 12.2 Å². The number of fused-ring (bicyclic) bond motifs is 1. The molecule has 9 heteroatoms. The largest absolute Gasteiger partial charge is 0.473 e. The highest BCUT2D eigenvalue weighted by atomic mass is 32.2. The molecule has 0 bridgehead atoms. The molecule has 2 unspecified atom stereocenters. The molecule has 0 saturated carbocycles. The Balaban J connectivity index is 2.18. The second-order valence-electron chi connectivity index (χ2n) is 6.11. The molecule has 5 nitrogen and oxygen atoms in total. The van der Waals surface area contributed by atoms with Crippen LogP contribution >= 0.6 is 11.8 Å². The number of rotatable bonds is 9. The van der Waals surface area contributed by atoms with Crippen molar-refractivity contribution in [2.24, 2.45) is 0 Å². The van der Waals surface area contributed by atoms with Crippen molar-refractivity contribution in [3.63, 3.8) is 0 Å². The van der Waals surface area contributed by atoms with Gasteiger partial charge in [-0.25, -0.2) is 15.0 Å². The van der Waals surface area contributed by atoms with Gasteiger partial charge < -0.3 is 10.1 Å². The fraction of sp³-hybridized carbons (Fsp3) is 0.500. The molecule has 0 amide bonds. The quantitative estimate of drug-likeness (QED) is 0.607. The first-order valence-corrected chi connectivity index (χ1v) is 9.93. The van der Waals surface area contributed by atoms with Gasteiger partial charge in [0.15, 0.2) is 0 Å². The number of pyridine rings is 1. The monoisotopic (exact) mass is 400 g/mol. The maximum absolute atomic E-state index is 12.5. The lowest BCUT2D eigenvalue weighted by Gasteiger charge is -2.18. The van der Waals surface area contributed by atoms with Crippen LogP contribution in [0.1, 0.15) is 26.7 Å². The highest BCUT2D eigenvalue weighted by molar-refractivity contribution is 7.98. The number of hydrogen-bond acceptors (Lipinski definition) is 6. The first-order chi connectivity index (χ1) is 12.8. The zero-order valence-corrected chi connectivity index (χ0v) is 16.3. The van der Waals surface area contributed by atoms with E-state index in [9.17, 15) is 13.2 Å². The van der Waals surface area contributed by atoms with Gasteiger partial charge in [-0.05, 0) is 26.2 Å². The number of thioether (sulfide) groups is 1. The number of ether oxygens (including phenoxy) is 1. The normalized spacial score (nSPS) is 14.4. The van der Waals surface area contributed by atoms with Crippen molar-refractivity contribution in [2.75, 3.05) is 17.3 Å². The molecule has 0 fully saturated rings. The minimum absolute atomic E-state index is 0.0427. The van der Waals surface area contributed by atoms with Crippen LogP contribution in [0.3, 0.4) is 0 Å². The predicted molar refractivity (Wildman–Crippen MR) is 103 cm³/mol. The standard InChI is InChI=1S/C18H23F3N4OS/c1-4-5-6-13(11-27-3)26-16-14-10-23-17(25-15(14)7-8-22-16)24-12(2)9-18(19,20)21/h4-5,7-8,10,12-13H,6,9,11H2,1-3H3,(H,23,24,25)/b5-4-. The lowest BCUT2D eigenvalue weighted by molar-refractivity contribution is -0.136. The van der Waals surface area contributed by atoms with Gasteiger partial charge in [0.2, 0.25) is 11.8 Å². The van der Waals surface area contributed by atoms with Crippen LogP contribution < -0.4 is 10.1 Å². The molecule has 0 aliphatic heterocycles. The fourth-order valence-electron chi connectivity index (χ4n) is 2.50. The zero-order chi connectivity index (χ0) is 19.9. The minimum atomic E-state index is -4.24. The van der Waals surface area contributed by atoms with Crippen LogP contribution in [0.5, 0.6) is 5.88 Å². The van der Waals surface area contributed by atoms with Gasteiger partial charge >= 0.3 is 6.18 Å². The lowest BCUT2D eigenvalue weighted by Crippen LogP contribution is -2.24. The average Bonchev–Trinajstić information content (AvgIpc) is 2.58. The SMILES string of the molecule is C/C=C\CC(CSC)Oc1nccc2nc(NC(C)CC(F)(F)F)ncc12. The van der Waals surface area contributed by atoms with Crippen molar-refractivity contribution in [1.82, 2.24) is 15.0 Å². The fourth-order valence-corrected chi connectivity index (χ4v) is 3.07. The number of allylic oxidation sites excluding steroid dienone is 1. The molecule has 1 N–H and O–H groups in total. The highest BCUT2D eigenvalue weighted by Crippen LogP contribution is 2.26. The Hall–Kier alpha value is -2.03. The van der Waals surface area contributed by atoms with Crippen molar-refractivity contribution in [3.8, 4) is 5.88 Å². The molecule has 2 rings (SSSR count). The van der Waals surface area contributed by atoms with E-state index >= 15 is 0 Å². The van der Waals surface area contributed by atoms with Crippen molar-refractivity contribution >= 4 is 28.6 Å². The van der Waals surface area contributed by atoms with E-state index < -0.39 is 18.6 Å². The average molecular weight is 400 g/mol. The zero-order valence-electron chi connectivity index (χ0n) is 15.5. The molecule has 0 aliphatic rings. The topological polar surface area (TPSA) is 59.9 Å². The van der Waals surface area contributed by atoms with Crippen LogP contribution in [0.4, 0.5) is 19.1 Å². The van der Waals surface area contributed by atoms with Gasteiger partial charge in [-0.2, -0.15) is 24.9 Å². The molecule has 2 atom stereocenters. The molecule has 148 valence electrons. The summed E-state index contributed by atoms with van der Waals surface area (Å²) in [4.78, 5) is 12.7. The van der Waals surface area contributed by atoms with Crippen molar-refractivity contribution < 1.29 is 17.9 Å². The molecule has 0 aliphatic carbocycles.